The summed E-state index contributed by atoms with van der Waals surface area (Å²) in [5, 5.41) is 3.38. The molecule has 18 heavy (non-hydrogen) atoms. The van der Waals surface area contributed by atoms with Crippen LogP contribution in [0.15, 0.2) is 36.3 Å². The van der Waals surface area contributed by atoms with E-state index in [-0.39, 0.29) is 6.04 Å². The maximum atomic E-state index is 3.69. The minimum atomic E-state index is 0.177. The fraction of sp³-hybridized carbons (Fsp3) is 0.231. The molecule has 1 aromatic heterocycles. The third-order valence-corrected chi connectivity index (χ3v) is 6.28. The van der Waals surface area contributed by atoms with Crippen LogP contribution in [0.25, 0.3) is 0 Å². The Hall–Kier alpha value is 0.320. The zero-order chi connectivity index (χ0) is 13.3. The lowest BCUT2D eigenvalue weighted by Crippen LogP contribution is -2.18. The fourth-order valence-electron chi connectivity index (χ4n) is 1.92. The first-order valence-corrected chi connectivity index (χ1v) is 8.61. The van der Waals surface area contributed by atoms with Crippen LogP contribution in [-0.4, -0.2) is 7.05 Å². The number of rotatable bonds is 3. The van der Waals surface area contributed by atoms with Gasteiger partial charge in [0.2, 0.25) is 0 Å². The molecule has 0 bridgehead atoms. The van der Waals surface area contributed by atoms with Crippen LogP contribution in [0.3, 0.4) is 0 Å². The van der Waals surface area contributed by atoms with Crippen molar-refractivity contribution in [1.82, 2.24) is 5.32 Å². The normalized spacial score (nSPS) is 12.7. The molecule has 0 radical (unpaired) electrons. The summed E-state index contributed by atoms with van der Waals surface area (Å²) in [6, 6.07) is 8.69. The maximum absolute atomic E-state index is 3.69. The Kier molecular flexibility index (Phi) is 5.06. The third-order valence-electron chi connectivity index (χ3n) is 2.82. The number of halogens is 3. The highest BCUT2D eigenvalue weighted by Gasteiger charge is 2.20. The minimum absolute atomic E-state index is 0.177. The summed E-state index contributed by atoms with van der Waals surface area (Å²) < 4.78 is 3.45. The number of aryl methyl sites for hydroxylation is 1. The van der Waals surface area contributed by atoms with Crippen molar-refractivity contribution < 1.29 is 0 Å². The summed E-state index contributed by atoms with van der Waals surface area (Å²) in [5.74, 6) is 0. The van der Waals surface area contributed by atoms with Gasteiger partial charge in [0.15, 0.2) is 0 Å². The van der Waals surface area contributed by atoms with Gasteiger partial charge in [-0.15, -0.1) is 11.3 Å². The molecule has 0 fully saturated rings. The predicted octanol–water partition coefficient (Wildman–Crippen LogP) is 5.65. The molecule has 1 aromatic carbocycles. The Labute approximate surface area is 136 Å². The van der Waals surface area contributed by atoms with E-state index >= 15 is 0 Å². The predicted molar refractivity (Wildman–Crippen MR) is 89.5 cm³/mol. The van der Waals surface area contributed by atoms with Gasteiger partial charge in [0.05, 0.1) is 13.6 Å². The standard InChI is InChI=1S/C13H12Br3NS/c1-7-4-3-5-8(11(7)15)12(17-2)9-6-10(14)18-13(9)16/h3-6,12,17H,1-2H3. The smallest absolute Gasteiger partial charge is 0.0761 e. The maximum Gasteiger partial charge on any atom is 0.0761 e. The van der Waals surface area contributed by atoms with Gasteiger partial charge in [0.1, 0.15) is 0 Å². The molecule has 0 spiro atoms. The van der Waals surface area contributed by atoms with Crippen molar-refractivity contribution in [1.29, 1.82) is 0 Å². The van der Waals surface area contributed by atoms with E-state index in [0.717, 1.165) is 7.57 Å². The molecule has 96 valence electrons. The molecule has 1 nitrogen and oxygen atoms in total. The van der Waals surface area contributed by atoms with Gasteiger partial charge in [-0.3, -0.25) is 0 Å². The van der Waals surface area contributed by atoms with Crippen molar-refractivity contribution in [3.05, 3.63) is 53.0 Å². The van der Waals surface area contributed by atoms with Crippen molar-refractivity contribution in [2.75, 3.05) is 7.05 Å². The van der Waals surface area contributed by atoms with Crippen LogP contribution in [0.2, 0.25) is 0 Å². The van der Waals surface area contributed by atoms with E-state index in [9.17, 15) is 0 Å². The summed E-state index contributed by atoms with van der Waals surface area (Å²) in [5.41, 5.74) is 3.75. The first kappa shape index (κ1) is 14.7. The van der Waals surface area contributed by atoms with E-state index in [1.807, 2.05) is 7.05 Å². The number of nitrogens with one attached hydrogen (secondary N) is 1. The molecular weight excluding hydrogens is 442 g/mol. The molecule has 1 heterocycles. The van der Waals surface area contributed by atoms with Crippen LogP contribution in [0.5, 0.6) is 0 Å². The van der Waals surface area contributed by atoms with Crippen molar-refractivity contribution in [2.45, 2.75) is 13.0 Å². The molecule has 0 saturated carbocycles. The summed E-state index contributed by atoms with van der Waals surface area (Å²) in [6.07, 6.45) is 0. The molecular formula is C13H12Br3NS. The summed E-state index contributed by atoms with van der Waals surface area (Å²) in [7, 11) is 1.98. The number of hydrogen-bond donors (Lipinski definition) is 1. The molecule has 1 N–H and O–H groups in total. The highest BCUT2D eigenvalue weighted by molar-refractivity contribution is 9.12. The molecule has 1 unspecified atom stereocenters. The van der Waals surface area contributed by atoms with Crippen molar-refractivity contribution in [3.8, 4) is 0 Å². The van der Waals surface area contributed by atoms with E-state index in [2.05, 4.69) is 84.3 Å². The molecule has 0 amide bonds. The van der Waals surface area contributed by atoms with Crippen molar-refractivity contribution in [2.24, 2.45) is 0 Å². The molecule has 0 aliphatic rings. The Bertz CT molecular complexity index is 565. The quantitative estimate of drug-likeness (QED) is 0.633. The Morgan fingerprint density at radius 1 is 1.17 bits per heavy atom. The molecule has 0 aliphatic carbocycles. The third kappa shape index (κ3) is 2.90. The molecule has 2 rings (SSSR count). The average Bonchev–Trinajstić information content (AvgIpc) is 2.65. The van der Waals surface area contributed by atoms with Gasteiger partial charge in [-0.25, -0.2) is 0 Å². The van der Waals surface area contributed by atoms with Gasteiger partial charge < -0.3 is 5.32 Å². The molecule has 0 aliphatic heterocycles. The fourth-order valence-corrected chi connectivity index (χ4v) is 5.32. The summed E-state index contributed by atoms with van der Waals surface area (Å²) in [6.45, 7) is 2.11. The Morgan fingerprint density at radius 2 is 1.89 bits per heavy atom. The van der Waals surface area contributed by atoms with E-state index < -0.39 is 0 Å². The largest absolute Gasteiger partial charge is 0.309 e. The van der Waals surface area contributed by atoms with Crippen LogP contribution in [0.4, 0.5) is 0 Å². The zero-order valence-corrected chi connectivity index (χ0v) is 15.5. The average molecular weight is 454 g/mol. The molecule has 1 atom stereocenters. The van der Waals surface area contributed by atoms with Crippen LogP contribution < -0.4 is 5.32 Å². The number of hydrogen-bond acceptors (Lipinski definition) is 2. The minimum Gasteiger partial charge on any atom is -0.309 e. The lowest BCUT2D eigenvalue weighted by molar-refractivity contribution is 0.688. The topological polar surface area (TPSA) is 12.0 Å². The van der Waals surface area contributed by atoms with Crippen LogP contribution in [0.1, 0.15) is 22.7 Å². The highest BCUT2D eigenvalue weighted by Crippen LogP contribution is 2.39. The molecule has 0 saturated heterocycles. The number of benzene rings is 1. The number of thiophene rings is 1. The van der Waals surface area contributed by atoms with Gasteiger partial charge >= 0.3 is 0 Å². The lowest BCUT2D eigenvalue weighted by atomic mass is 10.00. The SMILES string of the molecule is CNC(c1cc(Br)sc1Br)c1cccc(C)c1Br. The van der Waals surface area contributed by atoms with E-state index in [0.29, 0.717) is 0 Å². The Morgan fingerprint density at radius 3 is 2.44 bits per heavy atom. The first-order valence-electron chi connectivity index (χ1n) is 5.41. The van der Waals surface area contributed by atoms with E-state index in [4.69, 9.17) is 0 Å². The summed E-state index contributed by atoms with van der Waals surface area (Å²) >= 11 is 12.5. The molecule has 5 heteroatoms. The van der Waals surface area contributed by atoms with Crippen LogP contribution in [-0.2, 0) is 0 Å². The van der Waals surface area contributed by atoms with Gasteiger partial charge in [0.25, 0.3) is 0 Å². The van der Waals surface area contributed by atoms with E-state index in [1.54, 1.807) is 11.3 Å². The van der Waals surface area contributed by atoms with Crippen molar-refractivity contribution in [3.63, 3.8) is 0 Å². The van der Waals surface area contributed by atoms with Crippen LogP contribution in [0, 0.1) is 6.92 Å². The lowest BCUT2D eigenvalue weighted by Gasteiger charge is -2.19. The first-order chi connectivity index (χ1) is 8.54. The van der Waals surface area contributed by atoms with E-state index in [1.165, 1.54) is 21.2 Å². The summed E-state index contributed by atoms with van der Waals surface area (Å²) in [4.78, 5) is 0. The highest BCUT2D eigenvalue weighted by atomic mass is 79.9. The van der Waals surface area contributed by atoms with Gasteiger partial charge in [-0.1, -0.05) is 34.1 Å². The second-order valence-electron chi connectivity index (χ2n) is 3.98. The monoisotopic (exact) mass is 451 g/mol. The molecule has 2 aromatic rings. The second-order valence-corrected chi connectivity index (χ2v) is 8.52. The Balaban J connectivity index is 2.52. The second kappa shape index (κ2) is 6.18. The van der Waals surface area contributed by atoms with Gasteiger partial charge in [-0.05, 0) is 68.6 Å². The van der Waals surface area contributed by atoms with Crippen molar-refractivity contribution >= 4 is 59.1 Å². The zero-order valence-electron chi connectivity index (χ0n) is 9.93. The van der Waals surface area contributed by atoms with Gasteiger partial charge in [-0.2, -0.15) is 0 Å². The van der Waals surface area contributed by atoms with Gasteiger partial charge in [0, 0.05) is 4.47 Å². The van der Waals surface area contributed by atoms with Crippen LogP contribution >= 0.6 is 59.1 Å².